The third-order valence-electron chi connectivity index (χ3n) is 1.86. The van der Waals surface area contributed by atoms with Gasteiger partial charge >= 0.3 is 0 Å². The molecule has 0 unspecified atom stereocenters. The fourth-order valence-electron chi connectivity index (χ4n) is 1.01. The molecule has 0 aliphatic carbocycles. The zero-order valence-corrected chi connectivity index (χ0v) is 10.2. The van der Waals surface area contributed by atoms with Crippen LogP contribution in [0.1, 0.15) is 33.3 Å². The van der Waals surface area contributed by atoms with Gasteiger partial charge in [0, 0.05) is 13.3 Å². The van der Waals surface area contributed by atoms with Gasteiger partial charge in [0.1, 0.15) is 0 Å². The lowest BCUT2D eigenvalue weighted by Gasteiger charge is -2.22. The van der Waals surface area contributed by atoms with Crippen LogP contribution in [0.2, 0.25) is 0 Å². The fourth-order valence-corrected chi connectivity index (χ4v) is 1.01. The van der Waals surface area contributed by atoms with Gasteiger partial charge in [-0.3, -0.25) is 4.68 Å². The molecule has 0 amide bonds. The Bertz CT molecular complexity index is 254. The molecule has 1 heterocycles. The molecule has 0 atom stereocenters. The molecule has 0 radical (unpaired) electrons. The Morgan fingerprint density at radius 1 is 1.43 bits per heavy atom. The Kier molecular flexibility index (Phi) is 5.46. The summed E-state index contributed by atoms with van der Waals surface area (Å²) in [5.41, 5.74) is 1.04. The summed E-state index contributed by atoms with van der Waals surface area (Å²) in [5, 5.41) is 4.19. The van der Waals surface area contributed by atoms with E-state index in [9.17, 15) is 0 Å². The van der Waals surface area contributed by atoms with E-state index in [-0.39, 0.29) is 5.60 Å². The minimum atomic E-state index is -0.140. The van der Waals surface area contributed by atoms with Crippen molar-refractivity contribution in [2.75, 3.05) is 7.11 Å². The van der Waals surface area contributed by atoms with Crippen LogP contribution in [0, 0.1) is 6.92 Å². The first-order valence-electron chi connectivity index (χ1n) is 5.08. The van der Waals surface area contributed by atoms with Gasteiger partial charge in [-0.15, -0.1) is 0 Å². The Morgan fingerprint density at radius 2 is 2.00 bits per heavy atom. The molecule has 3 nitrogen and oxygen atoms in total. The summed E-state index contributed by atoms with van der Waals surface area (Å²) in [5.74, 6) is 0. The number of hydrogen-bond donors (Lipinski definition) is 0. The maximum absolute atomic E-state index is 5.29. The number of nitrogens with zero attached hydrogens (tertiary/aromatic N) is 2. The van der Waals surface area contributed by atoms with Crippen LogP contribution >= 0.6 is 0 Å². The van der Waals surface area contributed by atoms with Crippen LogP contribution in [-0.2, 0) is 11.3 Å². The van der Waals surface area contributed by atoms with Crippen LogP contribution in [0.4, 0.5) is 0 Å². The van der Waals surface area contributed by atoms with Crippen LogP contribution in [0.25, 0.3) is 0 Å². The molecule has 1 rings (SSSR count). The zero-order chi connectivity index (χ0) is 11.2. The SMILES string of the molecule is CC.COC(C)(C)Cn1cc(C)cn1. The van der Waals surface area contributed by atoms with Gasteiger partial charge in [0.15, 0.2) is 0 Å². The highest BCUT2D eigenvalue weighted by molar-refractivity contribution is 4.99. The second-order valence-electron chi connectivity index (χ2n) is 3.68. The lowest BCUT2D eigenvalue weighted by atomic mass is 10.1. The number of hydrogen-bond acceptors (Lipinski definition) is 2. The topological polar surface area (TPSA) is 27.1 Å². The van der Waals surface area contributed by atoms with Crippen LogP contribution in [0.15, 0.2) is 12.4 Å². The van der Waals surface area contributed by atoms with E-state index in [1.807, 2.05) is 51.7 Å². The minimum absolute atomic E-state index is 0.140. The lowest BCUT2D eigenvalue weighted by Crippen LogP contribution is -2.29. The molecular formula is C11H22N2O. The van der Waals surface area contributed by atoms with Gasteiger partial charge in [0.05, 0.1) is 18.3 Å². The Hall–Kier alpha value is -0.830. The normalized spacial score (nSPS) is 10.7. The molecule has 0 aliphatic heterocycles. The summed E-state index contributed by atoms with van der Waals surface area (Å²) >= 11 is 0. The molecule has 1 aromatic heterocycles. The molecule has 0 aromatic carbocycles. The molecule has 0 aliphatic rings. The van der Waals surface area contributed by atoms with E-state index in [0.29, 0.717) is 0 Å². The first-order valence-corrected chi connectivity index (χ1v) is 5.08. The van der Waals surface area contributed by atoms with E-state index in [0.717, 1.165) is 6.54 Å². The predicted molar refractivity (Wildman–Crippen MR) is 59.4 cm³/mol. The lowest BCUT2D eigenvalue weighted by molar-refractivity contribution is 0.00541. The van der Waals surface area contributed by atoms with Gasteiger partial charge in [-0.05, 0) is 26.3 Å². The minimum Gasteiger partial charge on any atom is -0.377 e. The standard InChI is InChI=1S/C9H16N2O.C2H6/c1-8-5-10-11(6-8)7-9(2,3)12-4;1-2/h5-6H,7H2,1-4H3;1-2H3. The highest BCUT2D eigenvalue weighted by Crippen LogP contribution is 2.10. The second-order valence-corrected chi connectivity index (χ2v) is 3.68. The van der Waals surface area contributed by atoms with Crippen molar-refractivity contribution < 1.29 is 4.74 Å². The summed E-state index contributed by atoms with van der Waals surface area (Å²) in [4.78, 5) is 0. The average Bonchev–Trinajstić information content (AvgIpc) is 2.54. The molecule has 3 heteroatoms. The third kappa shape index (κ3) is 4.42. The smallest absolute Gasteiger partial charge is 0.0817 e. The molecule has 0 saturated carbocycles. The largest absolute Gasteiger partial charge is 0.377 e. The van der Waals surface area contributed by atoms with Gasteiger partial charge in [0.2, 0.25) is 0 Å². The predicted octanol–water partition coefficient (Wildman–Crippen LogP) is 2.64. The van der Waals surface area contributed by atoms with Crippen LogP contribution in [0.3, 0.4) is 0 Å². The van der Waals surface area contributed by atoms with Gasteiger partial charge < -0.3 is 4.74 Å². The maximum Gasteiger partial charge on any atom is 0.0817 e. The van der Waals surface area contributed by atoms with Gasteiger partial charge in [-0.2, -0.15) is 5.10 Å². The monoisotopic (exact) mass is 198 g/mol. The molecule has 14 heavy (non-hydrogen) atoms. The molecule has 0 N–H and O–H groups in total. The highest BCUT2D eigenvalue weighted by Gasteiger charge is 2.16. The number of aryl methyl sites for hydroxylation is 1. The Morgan fingerprint density at radius 3 is 2.36 bits per heavy atom. The molecule has 0 fully saturated rings. The number of methoxy groups -OCH3 is 1. The van der Waals surface area contributed by atoms with Gasteiger partial charge in [0.25, 0.3) is 0 Å². The summed E-state index contributed by atoms with van der Waals surface area (Å²) in [6.07, 6.45) is 3.87. The van der Waals surface area contributed by atoms with Crippen molar-refractivity contribution in [3.8, 4) is 0 Å². The van der Waals surface area contributed by atoms with Crippen molar-refractivity contribution in [1.82, 2.24) is 9.78 Å². The molecule has 0 bridgehead atoms. The first kappa shape index (κ1) is 13.2. The van der Waals surface area contributed by atoms with E-state index < -0.39 is 0 Å². The third-order valence-corrected chi connectivity index (χ3v) is 1.86. The van der Waals surface area contributed by atoms with Crippen LogP contribution in [-0.4, -0.2) is 22.5 Å². The summed E-state index contributed by atoms with van der Waals surface area (Å²) in [7, 11) is 1.72. The van der Waals surface area contributed by atoms with Crippen molar-refractivity contribution in [1.29, 1.82) is 0 Å². The quantitative estimate of drug-likeness (QED) is 0.746. The second kappa shape index (κ2) is 5.81. The van der Waals surface area contributed by atoms with E-state index in [1.165, 1.54) is 5.56 Å². The molecular weight excluding hydrogens is 176 g/mol. The molecule has 1 aromatic rings. The molecule has 0 spiro atoms. The summed E-state index contributed by atoms with van der Waals surface area (Å²) in [6, 6.07) is 0. The number of aromatic nitrogens is 2. The van der Waals surface area contributed by atoms with E-state index in [1.54, 1.807) is 7.11 Å². The van der Waals surface area contributed by atoms with Crippen LogP contribution < -0.4 is 0 Å². The fraction of sp³-hybridized carbons (Fsp3) is 0.727. The first-order chi connectivity index (χ1) is 6.53. The summed E-state index contributed by atoms with van der Waals surface area (Å²) < 4.78 is 7.19. The van der Waals surface area contributed by atoms with Crippen molar-refractivity contribution in [2.24, 2.45) is 0 Å². The van der Waals surface area contributed by atoms with Crippen molar-refractivity contribution in [2.45, 2.75) is 46.8 Å². The van der Waals surface area contributed by atoms with Gasteiger partial charge in [-0.1, -0.05) is 13.8 Å². The van der Waals surface area contributed by atoms with Gasteiger partial charge in [-0.25, -0.2) is 0 Å². The number of ether oxygens (including phenoxy) is 1. The van der Waals surface area contributed by atoms with Crippen molar-refractivity contribution in [3.63, 3.8) is 0 Å². The highest BCUT2D eigenvalue weighted by atomic mass is 16.5. The van der Waals surface area contributed by atoms with E-state index in [4.69, 9.17) is 4.74 Å². The van der Waals surface area contributed by atoms with E-state index in [2.05, 4.69) is 5.10 Å². The van der Waals surface area contributed by atoms with E-state index >= 15 is 0 Å². The maximum atomic E-state index is 5.29. The van der Waals surface area contributed by atoms with Crippen LogP contribution in [0.5, 0.6) is 0 Å². The average molecular weight is 198 g/mol. The Balaban J connectivity index is 0.000000791. The zero-order valence-electron chi connectivity index (χ0n) is 10.2. The van der Waals surface area contributed by atoms with Crippen molar-refractivity contribution >= 4 is 0 Å². The molecule has 0 saturated heterocycles. The summed E-state index contributed by atoms with van der Waals surface area (Å²) in [6.45, 7) is 10.9. The Labute approximate surface area is 87.1 Å². The molecule has 82 valence electrons. The number of rotatable bonds is 3. The van der Waals surface area contributed by atoms with Crippen molar-refractivity contribution in [3.05, 3.63) is 18.0 Å².